The minimum absolute atomic E-state index is 0.0638. The van der Waals surface area contributed by atoms with Crippen molar-refractivity contribution in [3.8, 4) is 5.75 Å². The molecule has 6 nitrogen and oxygen atoms in total. The molecule has 0 N–H and O–H groups in total. The largest absolute Gasteiger partial charge is 0.494 e. The van der Waals surface area contributed by atoms with E-state index >= 15 is 0 Å². The van der Waals surface area contributed by atoms with Crippen molar-refractivity contribution in [2.24, 2.45) is 0 Å². The van der Waals surface area contributed by atoms with Crippen molar-refractivity contribution in [3.05, 3.63) is 75.8 Å². The van der Waals surface area contributed by atoms with E-state index in [4.69, 9.17) is 9.47 Å². The van der Waals surface area contributed by atoms with Crippen LogP contribution in [0.3, 0.4) is 0 Å². The van der Waals surface area contributed by atoms with Gasteiger partial charge >= 0.3 is 5.97 Å². The zero-order chi connectivity index (χ0) is 17.8. The number of hydrogen-bond acceptors (Lipinski definition) is 5. The van der Waals surface area contributed by atoms with Gasteiger partial charge in [0, 0.05) is 12.3 Å². The van der Waals surface area contributed by atoms with E-state index in [1.54, 1.807) is 36.5 Å². The van der Waals surface area contributed by atoms with Crippen LogP contribution in [0.4, 0.5) is 0 Å². The summed E-state index contributed by atoms with van der Waals surface area (Å²) in [6.07, 6.45) is 1.72. The Balaban J connectivity index is 1.72. The van der Waals surface area contributed by atoms with Crippen molar-refractivity contribution in [2.75, 3.05) is 6.61 Å². The highest BCUT2D eigenvalue weighted by atomic mass is 16.5. The SMILES string of the molecule is CCOc1ccc(C(=O)OCc2cc(=O)n3cc(C)ccc3n2)cc1. The first-order valence-electron chi connectivity index (χ1n) is 7.96. The molecule has 0 saturated carbocycles. The minimum atomic E-state index is -0.478. The van der Waals surface area contributed by atoms with Crippen LogP contribution < -0.4 is 10.3 Å². The first-order valence-corrected chi connectivity index (χ1v) is 7.96. The van der Waals surface area contributed by atoms with Crippen molar-refractivity contribution in [2.45, 2.75) is 20.5 Å². The summed E-state index contributed by atoms with van der Waals surface area (Å²) in [5.41, 5.74) is 2.10. The van der Waals surface area contributed by atoms with E-state index in [0.29, 0.717) is 29.3 Å². The molecule has 0 radical (unpaired) electrons. The summed E-state index contributed by atoms with van der Waals surface area (Å²) < 4.78 is 12.0. The maximum atomic E-state index is 12.1. The smallest absolute Gasteiger partial charge is 0.338 e. The Kier molecular flexibility index (Phi) is 4.79. The predicted octanol–water partition coefficient (Wildman–Crippen LogP) is 2.76. The Labute approximate surface area is 144 Å². The molecule has 0 aliphatic carbocycles. The second kappa shape index (κ2) is 7.17. The Bertz CT molecular complexity index is 961. The fourth-order valence-corrected chi connectivity index (χ4v) is 2.41. The Morgan fingerprint density at radius 2 is 1.92 bits per heavy atom. The Morgan fingerprint density at radius 3 is 2.64 bits per heavy atom. The number of benzene rings is 1. The number of carbonyl (C=O) groups is 1. The fourth-order valence-electron chi connectivity index (χ4n) is 2.41. The first-order chi connectivity index (χ1) is 12.1. The van der Waals surface area contributed by atoms with E-state index in [-0.39, 0.29) is 12.2 Å². The van der Waals surface area contributed by atoms with Crippen LogP contribution in [0.2, 0.25) is 0 Å². The number of hydrogen-bond donors (Lipinski definition) is 0. The number of pyridine rings is 1. The molecule has 3 rings (SSSR count). The Morgan fingerprint density at radius 1 is 1.16 bits per heavy atom. The van der Waals surface area contributed by atoms with E-state index in [1.165, 1.54) is 10.5 Å². The normalized spacial score (nSPS) is 10.6. The monoisotopic (exact) mass is 338 g/mol. The van der Waals surface area contributed by atoms with Crippen molar-refractivity contribution >= 4 is 11.6 Å². The average molecular weight is 338 g/mol. The summed E-state index contributed by atoms with van der Waals surface area (Å²) in [6, 6.07) is 11.7. The highest BCUT2D eigenvalue weighted by Crippen LogP contribution is 2.13. The third-order valence-corrected chi connectivity index (χ3v) is 3.61. The van der Waals surface area contributed by atoms with Crippen LogP contribution in [0.5, 0.6) is 5.75 Å². The molecule has 0 saturated heterocycles. The molecule has 1 aromatic carbocycles. The lowest BCUT2D eigenvalue weighted by Gasteiger charge is -2.07. The Hall–Kier alpha value is -3.15. The van der Waals surface area contributed by atoms with E-state index in [9.17, 15) is 9.59 Å². The molecule has 0 unspecified atom stereocenters. The number of ether oxygens (including phenoxy) is 2. The van der Waals surface area contributed by atoms with Gasteiger partial charge in [-0.15, -0.1) is 0 Å². The molecule has 2 heterocycles. The van der Waals surface area contributed by atoms with Crippen molar-refractivity contribution in [1.29, 1.82) is 0 Å². The van der Waals surface area contributed by atoms with Gasteiger partial charge in [0.2, 0.25) is 0 Å². The van der Waals surface area contributed by atoms with Crippen LogP contribution in [0, 0.1) is 6.92 Å². The summed E-state index contributed by atoms with van der Waals surface area (Å²) in [6.45, 7) is 4.29. The van der Waals surface area contributed by atoms with E-state index in [0.717, 1.165) is 5.56 Å². The van der Waals surface area contributed by atoms with Crippen LogP contribution in [-0.4, -0.2) is 22.0 Å². The molecule has 6 heteroatoms. The molecular weight excluding hydrogens is 320 g/mol. The van der Waals surface area contributed by atoms with Gasteiger partial charge in [0.25, 0.3) is 5.56 Å². The molecule has 0 aliphatic rings. The van der Waals surface area contributed by atoms with E-state index < -0.39 is 5.97 Å². The van der Waals surface area contributed by atoms with Crippen LogP contribution in [-0.2, 0) is 11.3 Å². The van der Waals surface area contributed by atoms with Gasteiger partial charge in [-0.2, -0.15) is 0 Å². The van der Waals surface area contributed by atoms with Gasteiger partial charge in [-0.1, -0.05) is 6.07 Å². The van der Waals surface area contributed by atoms with Gasteiger partial charge in [0.1, 0.15) is 18.0 Å². The van der Waals surface area contributed by atoms with E-state index in [2.05, 4.69) is 4.98 Å². The van der Waals surface area contributed by atoms with Crippen LogP contribution >= 0.6 is 0 Å². The number of esters is 1. The van der Waals surface area contributed by atoms with Crippen LogP contribution in [0.1, 0.15) is 28.5 Å². The summed E-state index contributed by atoms with van der Waals surface area (Å²) in [7, 11) is 0. The topological polar surface area (TPSA) is 69.9 Å². The molecule has 2 aromatic heterocycles. The summed E-state index contributed by atoms with van der Waals surface area (Å²) >= 11 is 0. The summed E-state index contributed by atoms with van der Waals surface area (Å²) in [5.74, 6) is 0.215. The lowest BCUT2D eigenvalue weighted by Crippen LogP contribution is -2.16. The lowest BCUT2D eigenvalue weighted by molar-refractivity contribution is 0.0467. The van der Waals surface area contributed by atoms with Crippen LogP contribution in [0.25, 0.3) is 5.65 Å². The van der Waals surface area contributed by atoms with Crippen molar-refractivity contribution in [3.63, 3.8) is 0 Å². The summed E-state index contributed by atoms with van der Waals surface area (Å²) in [4.78, 5) is 28.6. The number of fused-ring (bicyclic) bond motifs is 1. The van der Waals surface area contributed by atoms with E-state index in [1.807, 2.05) is 19.9 Å². The molecule has 0 spiro atoms. The fraction of sp³-hybridized carbons (Fsp3) is 0.211. The molecule has 128 valence electrons. The molecule has 0 fully saturated rings. The van der Waals surface area contributed by atoms with Gasteiger partial charge in [-0.3, -0.25) is 9.20 Å². The van der Waals surface area contributed by atoms with Gasteiger partial charge in [0.15, 0.2) is 0 Å². The van der Waals surface area contributed by atoms with Gasteiger partial charge in [0.05, 0.1) is 17.9 Å². The zero-order valence-electron chi connectivity index (χ0n) is 14.1. The quantitative estimate of drug-likeness (QED) is 0.669. The standard InChI is InChI=1S/C19H18N2O4/c1-3-24-16-7-5-14(6-8-16)19(23)25-12-15-10-18(22)21-11-13(2)4-9-17(21)20-15/h4-11H,3,12H2,1-2H3. The molecule has 0 aliphatic heterocycles. The second-order valence-corrected chi connectivity index (χ2v) is 5.55. The number of aromatic nitrogens is 2. The maximum Gasteiger partial charge on any atom is 0.338 e. The third-order valence-electron chi connectivity index (χ3n) is 3.61. The minimum Gasteiger partial charge on any atom is -0.494 e. The molecule has 0 amide bonds. The molecule has 3 aromatic rings. The molecular formula is C19H18N2O4. The molecule has 0 atom stereocenters. The number of aryl methyl sites for hydroxylation is 1. The average Bonchev–Trinajstić information content (AvgIpc) is 2.61. The highest BCUT2D eigenvalue weighted by molar-refractivity contribution is 5.89. The third kappa shape index (κ3) is 3.85. The van der Waals surface area contributed by atoms with Gasteiger partial charge in [-0.25, -0.2) is 9.78 Å². The van der Waals surface area contributed by atoms with Gasteiger partial charge < -0.3 is 9.47 Å². The second-order valence-electron chi connectivity index (χ2n) is 5.55. The van der Waals surface area contributed by atoms with Crippen molar-refractivity contribution in [1.82, 2.24) is 9.38 Å². The number of carbonyl (C=O) groups excluding carboxylic acids is 1. The molecule has 0 bridgehead atoms. The van der Waals surface area contributed by atoms with Gasteiger partial charge in [-0.05, 0) is 49.7 Å². The van der Waals surface area contributed by atoms with Crippen molar-refractivity contribution < 1.29 is 14.3 Å². The highest BCUT2D eigenvalue weighted by Gasteiger charge is 2.09. The predicted molar refractivity (Wildman–Crippen MR) is 92.9 cm³/mol. The zero-order valence-corrected chi connectivity index (χ0v) is 14.1. The maximum absolute atomic E-state index is 12.1. The van der Waals surface area contributed by atoms with Crippen LogP contribution in [0.15, 0.2) is 53.5 Å². The lowest BCUT2D eigenvalue weighted by atomic mass is 10.2. The summed E-state index contributed by atoms with van der Waals surface area (Å²) in [5, 5.41) is 0. The number of rotatable bonds is 5. The molecule has 25 heavy (non-hydrogen) atoms. The number of nitrogens with zero attached hydrogens (tertiary/aromatic N) is 2. The first kappa shape index (κ1) is 16.7.